The van der Waals surface area contributed by atoms with Crippen LogP contribution >= 0.6 is 0 Å². The van der Waals surface area contributed by atoms with Crippen molar-refractivity contribution in [2.45, 2.75) is 26.9 Å². The van der Waals surface area contributed by atoms with Gasteiger partial charge in [0.25, 0.3) is 11.1 Å². The molecular weight excluding hydrogens is 180 g/mol. The molecule has 0 aromatic carbocycles. The highest BCUT2D eigenvalue weighted by Crippen LogP contribution is 2.11. The smallest absolute Gasteiger partial charge is 0.265 e. The molecule has 0 N–H and O–H groups in total. The van der Waals surface area contributed by atoms with Crippen LogP contribution in [0.25, 0.3) is 0 Å². The Balaban J connectivity index is 2.69. The highest BCUT2D eigenvalue weighted by Gasteiger charge is 2.13. The number of aromatic nitrogens is 2. The molecule has 4 heteroatoms. The number of rotatable bonds is 0. The summed E-state index contributed by atoms with van der Waals surface area (Å²) in [5.74, 6) is 0. The lowest BCUT2D eigenvalue weighted by Gasteiger charge is -2.22. The van der Waals surface area contributed by atoms with Gasteiger partial charge in [0.1, 0.15) is 0 Å². The predicted octanol–water partition coefficient (Wildman–Crippen LogP) is 0.360. The van der Waals surface area contributed by atoms with Gasteiger partial charge in [-0.1, -0.05) is 11.1 Å². The maximum absolute atomic E-state index is 11.4. The van der Waals surface area contributed by atoms with E-state index in [0.717, 1.165) is 11.1 Å². The molecule has 0 unspecified atom stereocenters. The van der Waals surface area contributed by atoms with E-state index in [-0.39, 0.29) is 11.1 Å². The van der Waals surface area contributed by atoms with E-state index in [1.165, 1.54) is 21.5 Å². The molecule has 1 aromatic rings. The van der Waals surface area contributed by atoms with Crippen molar-refractivity contribution in [1.29, 1.82) is 0 Å². The Kier molecular flexibility index (Phi) is 1.91. The molecular formula is C10H12N2O2. The molecule has 14 heavy (non-hydrogen) atoms. The summed E-state index contributed by atoms with van der Waals surface area (Å²) in [5.41, 5.74) is 2.10. The average Bonchev–Trinajstić information content (AvgIpc) is 2.15. The standard InChI is InChI=1S/C10H12N2O2/c1-7-5-11-9(13)3-4-10(14)12(11)6-8(7)2/h3-4H,5-6H2,1-2H3. The lowest BCUT2D eigenvalue weighted by atomic mass is 10.1. The molecule has 0 spiro atoms. The number of hydrogen-bond donors (Lipinski definition) is 0. The monoisotopic (exact) mass is 192 g/mol. The second-order valence-electron chi connectivity index (χ2n) is 3.69. The molecule has 1 aliphatic rings. The number of fused-ring (bicyclic) bond motifs is 1. The molecule has 2 rings (SSSR count). The first-order valence-electron chi connectivity index (χ1n) is 4.56. The second kappa shape index (κ2) is 2.97. The van der Waals surface area contributed by atoms with Crippen molar-refractivity contribution in [3.8, 4) is 0 Å². The fourth-order valence-corrected chi connectivity index (χ4v) is 1.60. The molecule has 1 aromatic heterocycles. The van der Waals surface area contributed by atoms with E-state index in [0.29, 0.717) is 13.1 Å². The average molecular weight is 192 g/mol. The molecule has 74 valence electrons. The lowest BCUT2D eigenvalue weighted by molar-refractivity contribution is 0.431. The van der Waals surface area contributed by atoms with Gasteiger partial charge in [-0.2, -0.15) is 0 Å². The van der Waals surface area contributed by atoms with Crippen LogP contribution in [0, 0.1) is 0 Å². The Hall–Kier alpha value is -1.58. The van der Waals surface area contributed by atoms with Crippen molar-refractivity contribution >= 4 is 0 Å². The van der Waals surface area contributed by atoms with E-state index in [2.05, 4.69) is 0 Å². The summed E-state index contributed by atoms with van der Waals surface area (Å²) in [6.45, 7) is 5.03. The highest BCUT2D eigenvalue weighted by atomic mass is 16.2. The van der Waals surface area contributed by atoms with Crippen LogP contribution in [-0.4, -0.2) is 9.36 Å². The zero-order chi connectivity index (χ0) is 10.3. The van der Waals surface area contributed by atoms with Gasteiger partial charge in [0, 0.05) is 12.1 Å². The summed E-state index contributed by atoms with van der Waals surface area (Å²) in [6.07, 6.45) is 0. The van der Waals surface area contributed by atoms with Crippen molar-refractivity contribution in [1.82, 2.24) is 9.36 Å². The molecule has 0 radical (unpaired) electrons. The summed E-state index contributed by atoms with van der Waals surface area (Å²) in [6, 6.07) is 2.65. The van der Waals surface area contributed by atoms with Crippen molar-refractivity contribution in [2.24, 2.45) is 0 Å². The molecule has 4 nitrogen and oxygen atoms in total. The summed E-state index contributed by atoms with van der Waals surface area (Å²) in [5, 5.41) is 0. The minimum absolute atomic E-state index is 0.114. The quantitative estimate of drug-likeness (QED) is 0.557. The van der Waals surface area contributed by atoms with Crippen LogP contribution in [0.15, 0.2) is 32.9 Å². The van der Waals surface area contributed by atoms with Gasteiger partial charge in [-0.15, -0.1) is 0 Å². The van der Waals surface area contributed by atoms with E-state index in [9.17, 15) is 9.59 Å². The third-order valence-electron chi connectivity index (χ3n) is 2.67. The lowest BCUT2D eigenvalue weighted by Crippen LogP contribution is -2.40. The van der Waals surface area contributed by atoms with Crippen molar-refractivity contribution in [2.75, 3.05) is 0 Å². The van der Waals surface area contributed by atoms with Gasteiger partial charge in [0.15, 0.2) is 0 Å². The summed E-state index contributed by atoms with van der Waals surface area (Å²) in [7, 11) is 0. The minimum Gasteiger partial charge on any atom is -0.268 e. The van der Waals surface area contributed by atoms with E-state index < -0.39 is 0 Å². The third kappa shape index (κ3) is 1.23. The second-order valence-corrected chi connectivity index (χ2v) is 3.69. The first-order valence-corrected chi connectivity index (χ1v) is 4.56. The number of nitrogens with zero attached hydrogens (tertiary/aromatic N) is 2. The van der Waals surface area contributed by atoms with Crippen LogP contribution in [0.2, 0.25) is 0 Å². The largest absolute Gasteiger partial charge is 0.268 e. The maximum atomic E-state index is 11.4. The van der Waals surface area contributed by atoms with Crippen LogP contribution in [0.4, 0.5) is 0 Å². The first kappa shape index (κ1) is 8.99. The SMILES string of the molecule is CC1=C(C)Cn2c(=O)ccc(=O)n2C1. The summed E-state index contributed by atoms with van der Waals surface area (Å²) >= 11 is 0. The summed E-state index contributed by atoms with van der Waals surface area (Å²) in [4.78, 5) is 22.9. The van der Waals surface area contributed by atoms with Gasteiger partial charge in [-0.05, 0) is 13.8 Å². The summed E-state index contributed by atoms with van der Waals surface area (Å²) < 4.78 is 2.98. The Morgan fingerprint density at radius 3 is 1.64 bits per heavy atom. The normalized spacial score (nSPS) is 15.6. The molecule has 0 atom stereocenters. The van der Waals surface area contributed by atoms with Crippen LogP contribution in [0.5, 0.6) is 0 Å². The van der Waals surface area contributed by atoms with Gasteiger partial charge in [-0.3, -0.25) is 9.59 Å². The number of allylic oxidation sites excluding steroid dienone is 2. The van der Waals surface area contributed by atoms with Crippen molar-refractivity contribution in [3.63, 3.8) is 0 Å². The predicted molar refractivity (Wildman–Crippen MR) is 53.3 cm³/mol. The highest BCUT2D eigenvalue weighted by molar-refractivity contribution is 5.12. The molecule has 2 heterocycles. The molecule has 0 saturated carbocycles. The minimum atomic E-state index is -0.114. The Labute approximate surface area is 81.1 Å². The molecule has 0 saturated heterocycles. The number of hydrogen-bond acceptors (Lipinski definition) is 2. The van der Waals surface area contributed by atoms with E-state index in [4.69, 9.17) is 0 Å². The topological polar surface area (TPSA) is 44.0 Å². The van der Waals surface area contributed by atoms with Gasteiger partial charge < -0.3 is 0 Å². The van der Waals surface area contributed by atoms with E-state index in [1.54, 1.807) is 0 Å². The maximum Gasteiger partial charge on any atom is 0.265 e. The zero-order valence-electron chi connectivity index (χ0n) is 8.28. The molecule has 1 aliphatic heterocycles. The van der Waals surface area contributed by atoms with Gasteiger partial charge >= 0.3 is 0 Å². The van der Waals surface area contributed by atoms with E-state index >= 15 is 0 Å². The van der Waals surface area contributed by atoms with Gasteiger partial charge in [0.05, 0.1) is 13.1 Å². The van der Waals surface area contributed by atoms with Gasteiger partial charge in [-0.25, -0.2) is 9.36 Å². The fraction of sp³-hybridized carbons (Fsp3) is 0.400. The van der Waals surface area contributed by atoms with Crippen molar-refractivity contribution < 1.29 is 0 Å². The zero-order valence-corrected chi connectivity index (χ0v) is 8.28. The molecule has 0 fully saturated rings. The Bertz CT molecular complexity index is 473. The van der Waals surface area contributed by atoms with Crippen LogP contribution < -0.4 is 11.1 Å². The van der Waals surface area contributed by atoms with E-state index in [1.807, 2.05) is 13.8 Å². The van der Waals surface area contributed by atoms with Crippen LogP contribution in [0.3, 0.4) is 0 Å². The van der Waals surface area contributed by atoms with Crippen LogP contribution in [-0.2, 0) is 13.1 Å². The fourth-order valence-electron chi connectivity index (χ4n) is 1.60. The van der Waals surface area contributed by atoms with Crippen LogP contribution in [0.1, 0.15) is 13.8 Å². The van der Waals surface area contributed by atoms with Gasteiger partial charge in [0.2, 0.25) is 0 Å². The Morgan fingerprint density at radius 2 is 1.29 bits per heavy atom. The first-order chi connectivity index (χ1) is 6.59. The molecule has 0 aliphatic carbocycles. The molecule has 0 bridgehead atoms. The third-order valence-corrected chi connectivity index (χ3v) is 2.67. The molecule has 0 amide bonds. The van der Waals surface area contributed by atoms with Crippen molar-refractivity contribution in [3.05, 3.63) is 44.0 Å². The Morgan fingerprint density at radius 1 is 0.929 bits per heavy atom.